The number of halogens is 4. The first-order valence-corrected chi connectivity index (χ1v) is 7.25. The Morgan fingerprint density at radius 2 is 1.78 bits per heavy atom. The molecule has 0 unspecified atom stereocenters. The second kappa shape index (κ2) is 6.00. The SMILES string of the molecule is O=Cc1c(-c2cc(F)ccc2F)nn(-c2cccc(F)c2)c1Br. The number of benzene rings is 2. The third kappa shape index (κ3) is 2.79. The van der Waals surface area contributed by atoms with Gasteiger partial charge in [-0.05, 0) is 52.3 Å². The molecule has 0 saturated carbocycles. The summed E-state index contributed by atoms with van der Waals surface area (Å²) in [6, 6.07) is 8.38. The summed E-state index contributed by atoms with van der Waals surface area (Å²) in [7, 11) is 0. The van der Waals surface area contributed by atoms with E-state index < -0.39 is 17.5 Å². The molecule has 0 aliphatic rings. The van der Waals surface area contributed by atoms with Gasteiger partial charge in [-0.15, -0.1) is 0 Å². The minimum absolute atomic E-state index is 0.0341. The molecule has 0 saturated heterocycles. The van der Waals surface area contributed by atoms with Crippen molar-refractivity contribution in [3.63, 3.8) is 0 Å². The molecule has 0 spiro atoms. The maximum Gasteiger partial charge on any atom is 0.155 e. The van der Waals surface area contributed by atoms with E-state index in [2.05, 4.69) is 21.0 Å². The van der Waals surface area contributed by atoms with E-state index in [9.17, 15) is 18.0 Å². The molecule has 3 rings (SSSR count). The highest BCUT2D eigenvalue weighted by Gasteiger charge is 2.21. The molecule has 0 bridgehead atoms. The Hall–Kier alpha value is -2.41. The van der Waals surface area contributed by atoms with Crippen molar-refractivity contribution in [1.82, 2.24) is 9.78 Å². The number of hydrogen-bond donors (Lipinski definition) is 0. The zero-order chi connectivity index (χ0) is 16.6. The lowest BCUT2D eigenvalue weighted by Gasteiger charge is -2.03. The predicted octanol–water partition coefficient (Wildman–Crippen LogP) is 4.53. The smallest absolute Gasteiger partial charge is 0.155 e. The fourth-order valence-electron chi connectivity index (χ4n) is 2.17. The van der Waals surface area contributed by atoms with Crippen molar-refractivity contribution >= 4 is 22.2 Å². The van der Waals surface area contributed by atoms with Crippen LogP contribution in [0.15, 0.2) is 47.1 Å². The lowest BCUT2D eigenvalue weighted by atomic mass is 10.1. The number of aldehydes is 1. The predicted molar refractivity (Wildman–Crippen MR) is 82.0 cm³/mol. The molecule has 0 amide bonds. The Balaban J connectivity index is 2.25. The Morgan fingerprint density at radius 1 is 1.04 bits per heavy atom. The standard InChI is InChI=1S/C16H8BrF3N2O/c17-16-13(8-23)15(12-7-10(19)4-5-14(12)20)21-22(16)11-3-1-2-9(18)6-11/h1-8H. The third-order valence-corrected chi connectivity index (χ3v) is 3.98. The van der Waals surface area contributed by atoms with Crippen molar-refractivity contribution in [2.24, 2.45) is 0 Å². The molecule has 23 heavy (non-hydrogen) atoms. The molecule has 3 aromatic rings. The van der Waals surface area contributed by atoms with Crippen LogP contribution in [0.25, 0.3) is 16.9 Å². The van der Waals surface area contributed by atoms with E-state index in [4.69, 9.17) is 0 Å². The monoisotopic (exact) mass is 380 g/mol. The number of rotatable bonds is 3. The Morgan fingerprint density at radius 3 is 2.48 bits per heavy atom. The van der Waals surface area contributed by atoms with E-state index in [0.29, 0.717) is 12.0 Å². The molecule has 116 valence electrons. The van der Waals surface area contributed by atoms with E-state index in [-0.39, 0.29) is 21.4 Å². The van der Waals surface area contributed by atoms with Gasteiger partial charge in [0.2, 0.25) is 0 Å². The molecule has 0 aliphatic heterocycles. The Bertz CT molecular complexity index is 908. The lowest BCUT2D eigenvalue weighted by Crippen LogP contribution is -1.98. The molecule has 0 N–H and O–H groups in total. The summed E-state index contributed by atoms with van der Waals surface area (Å²) in [5.41, 5.74) is 0.192. The Kier molecular flexibility index (Phi) is 4.04. The molecule has 2 aromatic carbocycles. The number of aromatic nitrogens is 2. The van der Waals surface area contributed by atoms with Crippen molar-refractivity contribution < 1.29 is 18.0 Å². The Labute approximate surface area is 137 Å². The van der Waals surface area contributed by atoms with Crippen LogP contribution in [0.5, 0.6) is 0 Å². The minimum Gasteiger partial charge on any atom is -0.298 e. The first-order valence-electron chi connectivity index (χ1n) is 6.46. The highest BCUT2D eigenvalue weighted by molar-refractivity contribution is 9.10. The summed E-state index contributed by atoms with van der Waals surface area (Å²) in [5, 5.41) is 4.13. The van der Waals surface area contributed by atoms with Gasteiger partial charge in [-0.25, -0.2) is 17.9 Å². The van der Waals surface area contributed by atoms with Gasteiger partial charge < -0.3 is 0 Å². The van der Waals surface area contributed by atoms with E-state index in [1.165, 1.54) is 22.9 Å². The van der Waals surface area contributed by atoms with Crippen LogP contribution < -0.4 is 0 Å². The number of nitrogens with zero attached hydrogens (tertiary/aromatic N) is 2. The fraction of sp³-hybridized carbons (Fsp3) is 0. The summed E-state index contributed by atoms with van der Waals surface area (Å²) >= 11 is 3.19. The molecule has 7 heteroatoms. The molecule has 0 aliphatic carbocycles. The lowest BCUT2D eigenvalue weighted by molar-refractivity contribution is 0.112. The van der Waals surface area contributed by atoms with Crippen LogP contribution in [0.4, 0.5) is 13.2 Å². The van der Waals surface area contributed by atoms with E-state index in [0.717, 1.165) is 18.2 Å². The van der Waals surface area contributed by atoms with Gasteiger partial charge in [-0.3, -0.25) is 4.79 Å². The first-order chi connectivity index (χ1) is 11.0. The van der Waals surface area contributed by atoms with Crippen LogP contribution in [-0.2, 0) is 0 Å². The number of carbonyl (C=O) groups excluding carboxylic acids is 1. The van der Waals surface area contributed by atoms with Crippen molar-refractivity contribution in [3.8, 4) is 16.9 Å². The molecule has 1 aromatic heterocycles. The maximum absolute atomic E-state index is 14.0. The van der Waals surface area contributed by atoms with Crippen LogP contribution >= 0.6 is 15.9 Å². The van der Waals surface area contributed by atoms with E-state index >= 15 is 0 Å². The second-order valence-electron chi connectivity index (χ2n) is 4.69. The van der Waals surface area contributed by atoms with Gasteiger partial charge >= 0.3 is 0 Å². The van der Waals surface area contributed by atoms with Gasteiger partial charge in [0, 0.05) is 5.56 Å². The highest BCUT2D eigenvalue weighted by Crippen LogP contribution is 2.31. The number of hydrogen-bond acceptors (Lipinski definition) is 2. The van der Waals surface area contributed by atoms with Crippen LogP contribution in [0, 0.1) is 17.5 Å². The van der Waals surface area contributed by atoms with Crippen LogP contribution in [0.3, 0.4) is 0 Å². The van der Waals surface area contributed by atoms with Crippen molar-refractivity contribution in [1.29, 1.82) is 0 Å². The molecule has 3 nitrogen and oxygen atoms in total. The van der Waals surface area contributed by atoms with Crippen LogP contribution in [0.1, 0.15) is 10.4 Å². The summed E-state index contributed by atoms with van der Waals surface area (Å²) < 4.78 is 42.2. The summed E-state index contributed by atoms with van der Waals surface area (Å²) in [6.45, 7) is 0. The maximum atomic E-state index is 14.0. The van der Waals surface area contributed by atoms with Gasteiger partial charge in [-0.1, -0.05) is 6.07 Å². The highest BCUT2D eigenvalue weighted by atomic mass is 79.9. The van der Waals surface area contributed by atoms with Gasteiger partial charge in [0.25, 0.3) is 0 Å². The van der Waals surface area contributed by atoms with Crippen LogP contribution in [-0.4, -0.2) is 16.1 Å². The zero-order valence-corrected chi connectivity index (χ0v) is 13.0. The number of carbonyl (C=O) groups is 1. The normalized spacial score (nSPS) is 10.8. The zero-order valence-electron chi connectivity index (χ0n) is 11.4. The van der Waals surface area contributed by atoms with Crippen molar-refractivity contribution in [2.75, 3.05) is 0 Å². The molecule has 0 radical (unpaired) electrons. The molecule has 0 atom stereocenters. The fourth-order valence-corrected chi connectivity index (χ4v) is 2.74. The molecule has 1 heterocycles. The van der Waals surface area contributed by atoms with Gasteiger partial charge in [0.1, 0.15) is 27.7 Å². The largest absolute Gasteiger partial charge is 0.298 e. The van der Waals surface area contributed by atoms with Gasteiger partial charge in [0.15, 0.2) is 6.29 Å². The van der Waals surface area contributed by atoms with Crippen molar-refractivity contribution in [2.45, 2.75) is 0 Å². The van der Waals surface area contributed by atoms with Crippen molar-refractivity contribution in [3.05, 3.63) is 70.1 Å². The third-order valence-electron chi connectivity index (χ3n) is 3.22. The topological polar surface area (TPSA) is 34.9 Å². The van der Waals surface area contributed by atoms with E-state index in [1.54, 1.807) is 6.07 Å². The minimum atomic E-state index is -0.717. The second-order valence-corrected chi connectivity index (χ2v) is 5.44. The molecule has 0 fully saturated rings. The summed E-state index contributed by atoms with van der Waals surface area (Å²) in [5.74, 6) is -1.86. The van der Waals surface area contributed by atoms with E-state index in [1.807, 2.05) is 0 Å². The quantitative estimate of drug-likeness (QED) is 0.625. The first kappa shape index (κ1) is 15.5. The molecular formula is C16H8BrF3N2O. The van der Waals surface area contributed by atoms with Crippen LogP contribution in [0.2, 0.25) is 0 Å². The summed E-state index contributed by atoms with van der Waals surface area (Å²) in [4.78, 5) is 11.4. The average Bonchev–Trinajstić information content (AvgIpc) is 2.86. The van der Waals surface area contributed by atoms with Gasteiger partial charge in [0.05, 0.1) is 11.3 Å². The average molecular weight is 381 g/mol. The van der Waals surface area contributed by atoms with Gasteiger partial charge in [-0.2, -0.15) is 5.10 Å². The molecular weight excluding hydrogens is 373 g/mol. The summed E-state index contributed by atoms with van der Waals surface area (Å²) in [6.07, 6.45) is 0.479.